The zero-order valence-electron chi connectivity index (χ0n) is 18.6. The van der Waals surface area contributed by atoms with Crippen molar-refractivity contribution >= 4 is 18.0 Å². The highest BCUT2D eigenvalue weighted by atomic mass is 16.5. The van der Waals surface area contributed by atoms with Crippen molar-refractivity contribution in [2.75, 3.05) is 19.8 Å². The lowest BCUT2D eigenvalue weighted by Gasteiger charge is -2.21. The van der Waals surface area contributed by atoms with Gasteiger partial charge in [0, 0.05) is 11.1 Å². The summed E-state index contributed by atoms with van der Waals surface area (Å²) in [7, 11) is 0. The molecule has 3 aromatic rings. The molecule has 0 atom stereocenters. The number of esters is 2. The largest absolute Gasteiger partial charge is 0.463 e. The summed E-state index contributed by atoms with van der Waals surface area (Å²) in [6.45, 7) is 3.52. The average Bonchev–Trinajstić information content (AvgIpc) is 3.33. The van der Waals surface area contributed by atoms with Gasteiger partial charge in [0.2, 0.25) is 11.8 Å². The number of hydrogen-bond acceptors (Lipinski definition) is 8. The molecule has 1 aliphatic heterocycles. The molecule has 2 N–H and O–H groups in total. The second kappa shape index (κ2) is 9.99. The zero-order valence-corrected chi connectivity index (χ0v) is 18.6. The summed E-state index contributed by atoms with van der Waals surface area (Å²) in [6.07, 6.45) is 0. The number of benzene rings is 2. The van der Waals surface area contributed by atoms with E-state index in [0.717, 1.165) is 11.1 Å². The predicted molar refractivity (Wildman–Crippen MR) is 120 cm³/mol. The molecule has 34 heavy (non-hydrogen) atoms. The number of ether oxygens (including phenoxy) is 2. The Balaban J connectivity index is 1.44. The highest BCUT2D eigenvalue weighted by molar-refractivity contribution is 5.94. The number of rotatable bonds is 7. The van der Waals surface area contributed by atoms with Crippen LogP contribution < -0.4 is 10.6 Å². The van der Waals surface area contributed by atoms with E-state index in [4.69, 9.17) is 13.9 Å². The summed E-state index contributed by atoms with van der Waals surface area (Å²) >= 11 is 0. The molecule has 1 aromatic heterocycles. The van der Waals surface area contributed by atoms with Crippen LogP contribution in [-0.4, -0.2) is 47.9 Å². The second-order valence-corrected chi connectivity index (χ2v) is 7.37. The first-order valence-electron chi connectivity index (χ1n) is 10.6. The summed E-state index contributed by atoms with van der Waals surface area (Å²) in [5.74, 6) is -0.484. The lowest BCUT2D eigenvalue weighted by atomic mass is 10.1. The molecule has 0 fully saturated rings. The van der Waals surface area contributed by atoms with Crippen LogP contribution in [0.15, 0.2) is 64.2 Å². The predicted octanol–water partition coefficient (Wildman–Crippen LogP) is 3.00. The fourth-order valence-electron chi connectivity index (χ4n) is 3.30. The molecule has 0 saturated carbocycles. The van der Waals surface area contributed by atoms with Gasteiger partial charge in [-0.05, 0) is 49.7 Å². The van der Waals surface area contributed by atoms with Gasteiger partial charge in [-0.1, -0.05) is 18.2 Å². The molecule has 2 heterocycles. The number of amides is 2. The quantitative estimate of drug-likeness (QED) is 0.512. The van der Waals surface area contributed by atoms with E-state index < -0.39 is 18.0 Å². The van der Waals surface area contributed by atoms with Crippen LogP contribution in [0.5, 0.6) is 0 Å². The smallest absolute Gasteiger partial charge is 0.338 e. The molecule has 0 saturated heterocycles. The fraction of sp³-hybridized carbons (Fsp3) is 0.208. The maximum Gasteiger partial charge on any atom is 0.338 e. The summed E-state index contributed by atoms with van der Waals surface area (Å²) < 4.78 is 16.1. The molecule has 10 nitrogen and oxygen atoms in total. The van der Waals surface area contributed by atoms with E-state index in [1.807, 2.05) is 31.2 Å². The number of aromatic nitrogens is 2. The van der Waals surface area contributed by atoms with Crippen molar-refractivity contribution in [1.29, 1.82) is 0 Å². The van der Waals surface area contributed by atoms with Crippen LogP contribution in [0.2, 0.25) is 0 Å². The second-order valence-electron chi connectivity index (χ2n) is 7.37. The molecular formula is C24H22N4O6. The van der Waals surface area contributed by atoms with E-state index in [1.165, 1.54) is 0 Å². The van der Waals surface area contributed by atoms with Gasteiger partial charge in [-0.25, -0.2) is 14.4 Å². The Morgan fingerprint density at radius 3 is 2.47 bits per heavy atom. The van der Waals surface area contributed by atoms with Crippen molar-refractivity contribution in [2.45, 2.75) is 13.8 Å². The van der Waals surface area contributed by atoms with Gasteiger partial charge < -0.3 is 24.5 Å². The third-order valence-corrected chi connectivity index (χ3v) is 5.09. The number of carbonyl (C=O) groups is 3. The fourth-order valence-corrected chi connectivity index (χ4v) is 3.30. The maximum atomic E-state index is 12.5. The number of urea groups is 1. The average molecular weight is 462 g/mol. The van der Waals surface area contributed by atoms with Crippen LogP contribution in [0.4, 0.5) is 4.79 Å². The SMILES string of the molecule is CCOC(=O)C1=C(COC(=O)c2ccc(-c3nnc(-c4ccccc4C)o3)cc2)NC(=O)NC1. The van der Waals surface area contributed by atoms with Crippen LogP contribution in [0.1, 0.15) is 22.8 Å². The first-order valence-corrected chi connectivity index (χ1v) is 10.6. The Morgan fingerprint density at radius 2 is 1.74 bits per heavy atom. The van der Waals surface area contributed by atoms with E-state index in [2.05, 4.69) is 20.8 Å². The maximum absolute atomic E-state index is 12.5. The molecule has 0 unspecified atom stereocenters. The minimum Gasteiger partial charge on any atom is -0.463 e. The van der Waals surface area contributed by atoms with Crippen molar-refractivity contribution < 1.29 is 28.3 Å². The highest BCUT2D eigenvalue weighted by Crippen LogP contribution is 2.26. The van der Waals surface area contributed by atoms with E-state index in [1.54, 1.807) is 31.2 Å². The Kier molecular flexibility index (Phi) is 6.67. The van der Waals surface area contributed by atoms with Crippen molar-refractivity contribution in [3.8, 4) is 22.9 Å². The monoisotopic (exact) mass is 462 g/mol. The molecule has 1 aliphatic rings. The van der Waals surface area contributed by atoms with Gasteiger partial charge in [0.1, 0.15) is 6.61 Å². The van der Waals surface area contributed by atoms with Gasteiger partial charge in [0.25, 0.3) is 0 Å². The van der Waals surface area contributed by atoms with Gasteiger partial charge in [-0.3, -0.25) is 0 Å². The molecule has 2 aromatic carbocycles. The minimum atomic E-state index is -0.624. The Bertz CT molecular complexity index is 1260. The molecular weight excluding hydrogens is 440 g/mol. The van der Waals surface area contributed by atoms with Crippen molar-refractivity contribution in [3.63, 3.8) is 0 Å². The number of nitrogens with one attached hydrogen (secondary N) is 2. The van der Waals surface area contributed by atoms with Crippen LogP contribution in [0, 0.1) is 6.92 Å². The number of nitrogens with zero attached hydrogens (tertiary/aromatic N) is 2. The topological polar surface area (TPSA) is 133 Å². The lowest BCUT2D eigenvalue weighted by Crippen LogP contribution is -2.45. The Morgan fingerprint density at radius 1 is 1.00 bits per heavy atom. The Hall–Kier alpha value is -4.47. The first-order chi connectivity index (χ1) is 16.5. The van der Waals surface area contributed by atoms with Crippen molar-refractivity contribution in [3.05, 3.63) is 70.9 Å². The highest BCUT2D eigenvalue weighted by Gasteiger charge is 2.24. The number of hydrogen-bond donors (Lipinski definition) is 2. The van der Waals surface area contributed by atoms with Gasteiger partial charge >= 0.3 is 18.0 Å². The summed E-state index contributed by atoms with van der Waals surface area (Å²) in [5, 5.41) is 13.2. The van der Waals surface area contributed by atoms with E-state index in [-0.39, 0.29) is 36.6 Å². The molecule has 4 rings (SSSR count). The summed E-state index contributed by atoms with van der Waals surface area (Å²) in [6, 6.07) is 13.7. The minimum absolute atomic E-state index is 0.0130. The molecule has 174 valence electrons. The van der Waals surface area contributed by atoms with Crippen LogP contribution in [-0.2, 0) is 14.3 Å². The van der Waals surface area contributed by atoms with Crippen molar-refractivity contribution in [2.24, 2.45) is 0 Å². The van der Waals surface area contributed by atoms with E-state index in [9.17, 15) is 14.4 Å². The third-order valence-electron chi connectivity index (χ3n) is 5.09. The van der Waals surface area contributed by atoms with Gasteiger partial charge in [-0.2, -0.15) is 0 Å². The molecule has 0 bridgehead atoms. The van der Waals surface area contributed by atoms with Gasteiger partial charge in [0.15, 0.2) is 0 Å². The lowest BCUT2D eigenvalue weighted by molar-refractivity contribution is -0.138. The molecule has 0 spiro atoms. The van der Waals surface area contributed by atoms with Gasteiger partial charge in [-0.15, -0.1) is 10.2 Å². The van der Waals surface area contributed by atoms with E-state index in [0.29, 0.717) is 17.3 Å². The van der Waals surface area contributed by atoms with Crippen LogP contribution in [0.3, 0.4) is 0 Å². The Labute approximate surface area is 195 Å². The zero-order chi connectivity index (χ0) is 24.1. The van der Waals surface area contributed by atoms with Crippen LogP contribution in [0.25, 0.3) is 22.9 Å². The van der Waals surface area contributed by atoms with Crippen LogP contribution >= 0.6 is 0 Å². The summed E-state index contributed by atoms with van der Waals surface area (Å²) in [4.78, 5) is 36.2. The molecule has 0 radical (unpaired) electrons. The number of aryl methyl sites for hydroxylation is 1. The molecule has 10 heteroatoms. The van der Waals surface area contributed by atoms with Gasteiger partial charge in [0.05, 0.1) is 30.0 Å². The van der Waals surface area contributed by atoms with Crippen molar-refractivity contribution in [1.82, 2.24) is 20.8 Å². The molecule has 2 amide bonds. The standard InChI is InChI=1S/C24H22N4O6/c1-3-32-23(30)18-12-25-24(31)26-19(18)13-33-22(29)16-10-8-15(9-11-16)20-27-28-21(34-20)17-7-5-4-6-14(17)2/h4-11H,3,12-13H2,1-2H3,(H2,25,26,31). The first kappa shape index (κ1) is 22.7. The third kappa shape index (κ3) is 4.96. The number of carbonyl (C=O) groups excluding carboxylic acids is 3. The molecule has 0 aliphatic carbocycles. The van der Waals surface area contributed by atoms with E-state index >= 15 is 0 Å². The summed E-state index contributed by atoms with van der Waals surface area (Å²) in [5.41, 5.74) is 3.17. The normalized spacial score (nSPS) is 13.2.